The summed E-state index contributed by atoms with van der Waals surface area (Å²) in [5, 5.41) is 7.04. The van der Waals surface area contributed by atoms with Gasteiger partial charge in [-0.15, -0.1) is 0 Å². The van der Waals surface area contributed by atoms with Crippen molar-refractivity contribution in [3.63, 3.8) is 0 Å². The number of nitrogens with one attached hydrogen (secondary N) is 2. The molecule has 2 aromatic carbocycles. The van der Waals surface area contributed by atoms with Gasteiger partial charge in [-0.25, -0.2) is 0 Å². The summed E-state index contributed by atoms with van der Waals surface area (Å²) in [4.78, 5) is 0. The monoisotopic (exact) mass is 256 g/mol. The van der Waals surface area contributed by atoms with Crippen molar-refractivity contribution in [2.45, 2.75) is 18.9 Å². The van der Waals surface area contributed by atoms with Gasteiger partial charge in [-0.1, -0.05) is 60.7 Å². The lowest BCUT2D eigenvalue weighted by atomic mass is 10.2. The highest BCUT2D eigenvalue weighted by molar-refractivity contribution is 6.11. The molecule has 2 nitrogen and oxygen atoms in total. The molecule has 3 heteroatoms. The van der Waals surface area contributed by atoms with Gasteiger partial charge in [0.05, 0.1) is 0 Å². The first-order chi connectivity index (χ1) is 8.84. The SMILES string of the molecule is [SiH3]C(NCc1ccccc1)NCc1ccccc1. The van der Waals surface area contributed by atoms with Crippen LogP contribution in [-0.2, 0) is 13.1 Å². The Morgan fingerprint density at radius 1 is 0.722 bits per heavy atom. The fourth-order valence-electron chi connectivity index (χ4n) is 1.81. The maximum absolute atomic E-state index is 3.52. The summed E-state index contributed by atoms with van der Waals surface area (Å²) in [6.45, 7) is 1.85. The smallest absolute Gasteiger partial charge is 0.0423 e. The van der Waals surface area contributed by atoms with Crippen molar-refractivity contribution in [2.75, 3.05) is 0 Å². The first kappa shape index (κ1) is 13.0. The summed E-state index contributed by atoms with van der Waals surface area (Å²) in [5.74, 6) is 0.436. The fourth-order valence-corrected chi connectivity index (χ4v) is 2.21. The van der Waals surface area contributed by atoms with E-state index in [1.54, 1.807) is 0 Å². The van der Waals surface area contributed by atoms with Crippen molar-refractivity contribution in [1.82, 2.24) is 10.6 Å². The highest BCUT2D eigenvalue weighted by atomic mass is 28.1. The third-order valence-corrected chi connectivity index (χ3v) is 3.73. The second-order valence-corrected chi connectivity index (χ2v) is 5.61. The Hall–Kier alpha value is -1.42. The normalized spacial score (nSPS) is 10.9. The van der Waals surface area contributed by atoms with Crippen LogP contribution in [0.15, 0.2) is 60.7 Å². The molecular formula is C15H20N2Si. The summed E-state index contributed by atoms with van der Waals surface area (Å²) in [7, 11) is 1.09. The minimum atomic E-state index is 0.436. The third-order valence-electron chi connectivity index (χ3n) is 2.91. The molecule has 0 saturated carbocycles. The van der Waals surface area contributed by atoms with E-state index in [0.717, 1.165) is 23.3 Å². The fraction of sp³-hybridized carbons (Fsp3) is 0.200. The molecule has 94 valence electrons. The molecule has 0 radical (unpaired) electrons. The lowest BCUT2D eigenvalue weighted by Gasteiger charge is -2.16. The molecule has 2 rings (SSSR count). The van der Waals surface area contributed by atoms with Gasteiger partial charge in [0, 0.05) is 29.1 Å². The van der Waals surface area contributed by atoms with Gasteiger partial charge in [0.15, 0.2) is 0 Å². The molecule has 0 aliphatic heterocycles. The van der Waals surface area contributed by atoms with Gasteiger partial charge in [0.2, 0.25) is 0 Å². The minimum absolute atomic E-state index is 0.436. The maximum atomic E-state index is 3.52. The van der Waals surface area contributed by atoms with Gasteiger partial charge in [0.1, 0.15) is 0 Å². The molecule has 2 N–H and O–H groups in total. The quantitative estimate of drug-likeness (QED) is 0.600. The first-order valence-corrected chi connectivity index (χ1v) is 7.54. The molecule has 0 aliphatic rings. The molecule has 0 fully saturated rings. The molecule has 0 atom stereocenters. The number of hydrogen-bond acceptors (Lipinski definition) is 2. The standard InChI is InChI=1S/C15H20N2Si/c18-15(16-11-13-7-3-1-4-8-13)17-12-14-9-5-2-6-10-14/h1-10,15-17H,11-12H2,18H3. The Kier molecular flexibility index (Phi) is 5.14. The van der Waals surface area contributed by atoms with Gasteiger partial charge in [-0.2, -0.15) is 0 Å². The van der Waals surface area contributed by atoms with Crippen LogP contribution in [0, 0.1) is 0 Å². The van der Waals surface area contributed by atoms with Crippen molar-refractivity contribution in [1.29, 1.82) is 0 Å². The zero-order chi connectivity index (χ0) is 12.6. The van der Waals surface area contributed by atoms with Crippen LogP contribution < -0.4 is 10.6 Å². The Bertz CT molecular complexity index is 401. The minimum Gasteiger partial charge on any atom is -0.301 e. The maximum Gasteiger partial charge on any atom is 0.0423 e. The van der Waals surface area contributed by atoms with Crippen LogP contribution in [0.2, 0.25) is 0 Å². The van der Waals surface area contributed by atoms with Gasteiger partial charge in [-0.05, 0) is 11.1 Å². The van der Waals surface area contributed by atoms with Crippen molar-refractivity contribution in [3.8, 4) is 0 Å². The van der Waals surface area contributed by atoms with Crippen molar-refractivity contribution < 1.29 is 0 Å². The lowest BCUT2D eigenvalue weighted by Crippen LogP contribution is -2.41. The second-order valence-electron chi connectivity index (χ2n) is 4.45. The van der Waals surface area contributed by atoms with Gasteiger partial charge in [-0.3, -0.25) is 0 Å². The van der Waals surface area contributed by atoms with E-state index in [0.29, 0.717) is 5.79 Å². The van der Waals surface area contributed by atoms with E-state index in [4.69, 9.17) is 0 Å². The van der Waals surface area contributed by atoms with Crippen LogP contribution in [0.5, 0.6) is 0 Å². The topological polar surface area (TPSA) is 24.1 Å². The summed E-state index contributed by atoms with van der Waals surface area (Å²) < 4.78 is 0. The summed E-state index contributed by atoms with van der Waals surface area (Å²) in [5.41, 5.74) is 2.67. The average Bonchev–Trinajstić information content (AvgIpc) is 2.45. The molecule has 0 heterocycles. The largest absolute Gasteiger partial charge is 0.301 e. The predicted molar refractivity (Wildman–Crippen MR) is 80.3 cm³/mol. The molecule has 0 aliphatic carbocycles. The number of benzene rings is 2. The first-order valence-electron chi connectivity index (χ1n) is 6.39. The van der Waals surface area contributed by atoms with E-state index >= 15 is 0 Å². The van der Waals surface area contributed by atoms with Crippen LogP contribution in [0.25, 0.3) is 0 Å². The van der Waals surface area contributed by atoms with Crippen molar-refractivity contribution in [3.05, 3.63) is 71.8 Å². The van der Waals surface area contributed by atoms with Crippen LogP contribution in [0.3, 0.4) is 0 Å². The summed E-state index contributed by atoms with van der Waals surface area (Å²) >= 11 is 0. The van der Waals surface area contributed by atoms with Crippen LogP contribution >= 0.6 is 0 Å². The van der Waals surface area contributed by atoms with E-state index in [1.165, 1.54) is 11.1 Å². The lowest BCUT2D eigenvalue weighted by molar-refractivity contribution is 0.532. The van der Waals surface area contributed by atoms with Gasteiger partial charge >= 0.3 is 0 Å². The summed E-state index contributed by atoms with van der Waals surface area (Å²) in [6.07, 6.45) is 0. The highest BCUT2D eigenvalue weighted by Crippen LogP contribution is 1.99. The predicted octanol–water partition coefficient (Wildman–Crippen LogP) is 1.21. The zero-order valence-corrected chi connectivity index (χ0v) is 12.8. The van der Waals surface area contributed by atoms with Crippen molar-refractivity contribution >= 4 is 10.2 Å². The van der Waals surface area contributed by atoms with Gasteiger partial charge in [0.25, 0.3) is 0 Å². The average molecular weight is 256 g/mol. The Balaban J connectivity index is 1.71. The second kappa shape index (κ2) is 7.11. The van der Waals surface area contributed by atoms with Crippen molar-refractivity contribution in [2.24, 2.45) is 0 Å². The van der Waals surface area contributed by atoms with E-state index in [-0.39, 0.29) is 0 Å². The molecule has 0 bridgehead atoms. The van der Waals surface area contributed by atoms with Crippen LogP contribution in [0.4, 0.5) is 0 Å². The Morgan fingerprint density at radius 2 is 1.11 bits per heavy atom. The number of hydrogen-bond donors (Lipinski definition) is 2. The van der Waals surface area contributed by atoms with Gasteiger partial charge < -0.3 is 10.6 Å². The molecular weight excluding hydrogens is 236 g/mol. The van der Waals surface area contributed by atoms with E-state index < -0.39 is 0 Å². The molecule has 0 amide bonds. The number of rotatable bonds is 6. The van der Waals surface area contributed by atoms with E-state index in [2.05, 4.69) is 71.3 Å². The van der Waals surface area contributed by atoms with Crippen LogP contribution in [-0.4, -0.2) is 16.0 Å². The molecule has 0 saturated heterocycles. The molecule has 0 unspecified atom stereocenters. The third kappa shape index (κ3) is 4.45. The van der Waals surface area contributed by atoms with E-state index in [9.17, 15) is 0 Å². The molecule has 0 spiro atoms. The highest BCUT2D eigenvalue weighted by Gasteiger charge is 2.00. The Morgan fingerprint density at radius 3 is 1.50 bits per heavy atom. The van der Waals surface area contributed by atoms with E-state index in [1.807, 2.05) is 0 Å². The Labute approximate surface area is 112 Å². The summed E-state index contributed by atoms with van der Waals surface area (Å²) in [6, 6.07) is 21.0. The zero-order valence-electron chi connectivity index (χ0n) is 10.8. The molecule has 0 aromatic heterocycles. The molecule has 18 heavy (non-hydrogen) atoms. The molecule has 2 aromatic rings. The van der Waals surface area contributed by atoms with Crippen LogP contribution in [0.1, 0.15) is 11.1 Å².